The monoisotopic (exact) mass is 362 g/mol. The van der Waals surface area contributed by atoms with Crippen LogP contribution in [0.25, 0.3) is 6.08 Å². The Morgan fingerprint density at radius 2 is 1.93 bits per heavy atom. The Morgan fingerprint density at radius 3 is 2.67 bits per heavy atom. The maximum absolute atomic E-state index is 12.7. The lowest BCUT2D eigenvalue weighted by molar-refractivity contribution is 0.0650. The molecular formula is C22H26N4O. The molecule has 27 heavy (non-hydrogen) atoms. The van der Waals surface area contributed by atoms with Crippen LogP contribution in [0.1, 0.15) is 15.9 Å². The first-order valence-corrected chi connectivity index (χ1v) is 9.30. The number of rotatable bonds is 7. The fraction of sp³-hybridized carbons (Fsp3) is 0.273. The van der Waals surface area contributed by atoms with Gasteiger partial charge in [0.1, 0.15) is 5.82 Å². The molecule has 1 aliphatic rings. The first kappa shape index (κ1) is 18.9. The van der Waals surface area contributed by atoms with Crippen LogP contribution in [0.3, 0.4) is 0 Å². The second-order valence-corrected chi connectivity index (χ2v) is 6.51. The Balaban J connectivity index is 1.49. The van der Waals surface area contributed by atoms with Crippen LogP contribution in [-0.2, 0) is 0 Å². The minimum Gasteiger partial charge on any atom is -0.367 e. The summed E-state index contributed by atoms with van der Waals surface area (Å²) in [6.07, 6.45) is 7.77. The van der Waals surface area contributed by atoms with Crippen LogP contribution in [0.2, 0.25) is 0 Å². The molecule has 1 saturated heterocycles. The van der Waals surface area contributed by atoms with Crippen molar-refractivity contribution in [3.05, 3.63) is 78.5 Å². The highest BCUT2D eigenvalue weighted by Crippen LogP contribution is 2.12. The summed E-state index contributed by atoms with van der Waals surface area (Å²) in [4.78, 5) is 21.3. The maximum atomic E-state index is 12.7. The molecule has 0 atom stereocenters. The SMILES string of the molecule is C=CCNc1cc(C(=O)N2CCN(C/C=C/c3ccccc3)CC2)ccn1. The molecule has 1 aliphatic heterocycles. The predicted octanol–water partition coefficient (Wildman–Crippen LogP) is 3.15. The van der Waals surface area contributed by atoms with E-state index in [0.29, 0.717) is 17.9 Å². The van der Waals surface area contributed by atoms with Gasteiger partial charge >= 0.3 is 0 Å². The van der Waals surface area contributed by atoms with Gasteiger partial charge in [0, 0.05) is 51.0 Å². The molecule has 2 heterocycles. The van der Waals surface area contributed by atoms with E-state index in [1.54, 1.807) is 24.4 Å². The number of carbonyl (C=O) groups is 1. The van der Waals surface area contributed by atoms with Gasteiger partial charge in [0.15, 0.2) is 0 Å². The Hall–Kier alpha value is -2.92. The highest BCUT2D eigenvalue weighted by Gasteiger charge is 2.21. The summed E-state index contributed by atoms with van der Waals surface area (Å²) in [6, 6.07) is 13.9. The smallest absolute Gasteiger partial charge is 0.254 e. The van der Waals surface area contributed by atoms with Crippen LogP contribution < -0.4 is 5.32 Å². The Labute approximate surface area is 161 Å². The molecule has 0 unspecified atom stereocenters. The zero-order valence-corrected chi connectivity index (χ0v) is 15.6. The van der Waals surface area contributed by atoms with Crippen LogP contribution in [0.15, 0.2) is 67.4 Å². The molecule has 1 amide bonds. The van der Waals surface area contributed by atoms with Gasteiger partial charge in [0.05, 0.1) is 0 Å². The third kappa shape index (κ3) is 5.53. The van der Waals surface area contributed by atoms with Crippen molar-refractivity contribution in [3.63, 3.8) is 0 Å². The zero-order chi connectivity index (χ0) is 18.9. The number of piperazine rings is 1. The molecule has 0 bridgehead atoms. The summed E-state index contributed by atoms with van der Waals surface area (Å²) < 4.78 is 0. The average Bonchev–Trinajstić information content (AvgIpc) is 2.73. The van der Waals surface area contributed by atoms with Crippen LogP contribution in [-0.4, -0.2) is 60.0 Å². The standard InChI is InChI=1S/C22H26N4O/c1-2-11-23-21-18-20(10-12-24-21)22(27)26-16-14-25(15-17-26)13-6-9-19-7-4-3-5-8-19/h2-10,12,18H,1,11,13-17H2,(H,23,24)/b9-6+. The highest BCUT2D eigenvalue weighted by molar-refractivity contribution is 5.94. The normalized spacial score (nSPS) is 15.0. The lowest BCUT2D eigenvalue weighted by Crippen LogP contribution is -2.48. The zero-order valence-electron chi connectivity index (χ0n) is 15.6. The van der Waals surface area contributed by atoms with Crippen molar-refractivity contribution in [1.82, 2.24) is 14.8 Å². The van der Waals surface area contributed by atoms with E-state index in [2.05, 4.69) is 46.1 Å². The van der Waals surface area contributed by atoms with Gasteiger partial charge in [-0.25, -0.2) is 4.98 Å². The molecule has 0 radical (unpaired) electrons. The third-order valence-corrected chi connectivity index (χ3v) is 4.57. The minimum atomic E-state index is 0.0681. The molecule has 2 aromatic rings. The number of amides is 1. The van der Waals surface area contributed by atoms with E-state index in [9.17, 15) is 4.79 Å². The van der Waals surface area contributed by atoms with Gasteiger partial charge in [-0.3, -0.25) is 9.69 Å². The van der Waals surface area contributed by atoms with Crippen molar-refractivity contribution in [2.45, 2.75) is 0 Å². The summed E-state index contributed by atoms with van der Waals surface area (Å²) in [6.45, 7) is 8.47. The number of benzene rings is 1. The summed E-state index contributed by atoms with van der Waals surface area (Å²) in [5.74, 6) is 0.768. The van der Waals surface area contributed by atoms with Crippen molar-refractivity contribution in [2.75, 3.05) is 44.6 Å². The summed E-state index contributed by atoms with van der Waals surface area (Å²) >= 11 is 0. The van der Waals surface area contributed by atoms with Crippen molar-refractivity contribution in [3.8, 4) is 0 Å². The topological polar surface area (TPSA) is 48.5 Å². The van der Waals surface area contributed by atoms with E-state index in [-0.39, 0.29) is 5.91 Å². The van der Waals surface area contributed by atoms with Crippen molar-refractivity contribution in [1.29, 1.82) is 0 Å². The molecule has 140 valence electrons. The third-order valence-electron chi connectivity index (χ3n) is 4.57. The molecule has 0 aliphatic carbocycles. The summed E-state index contributed by atoms with van der Waals surface area (Å²) in [7, 11) is 0. The number of anilines is 1. The number of hydrogen-bond donors (Lipinski definition) is 1. The lowest BCUT2D eigenvalue weighted by Gasteiger charge is -2.34. The largest absolute Gasteiger partial charge is 0.367 e. The first-order chi connectivity index (χ1) is 13.3. The van der Waals surface area contributed by atoms with Gasteiger partial charge in [-0.15, -0.1) is 6.58 Å². The second kappa shape index (κ2) is 9.69. The predicted molar refractivity (Wildman–Crippen MR) is 111 cm³/mol. The molecule has 3 rings (SSSR count). The molecular weight excluding hydrogens is 336 g/mol. The van der Waals surface area contributed by atoms with Gasteiger partial charge < -0.3 is 10.2 Å². The first-order valence-electron chi connectivity index (χ1n) is 9.30. The molecule has 1 N–H and O–H groups in total. The van der Waals surface area contributed by atoms with Crippen LogP contribution in [0.4, 0.5) is 5.82 Å². The Bertz CT molecular complexity index is 780. The molecule has 1 aromatic heterocycles. The van der Waals surface area contributed by atoms with E-state index >= 15 is 0 Å². The van der Waals surface area contributed by atoms with E-state index in [0.717, 1.165) is 32.7 Å². The van der Waals surface area contributed by atoms with E-state index in [4.69, 9.17) is 0 Å². The number of nitrogens with one attached hydrogen (secondary N) is 1. The maximum Gasteiger partial charge on any atom is 0.254 e. The summed E-state index contributed by atoms with van der Waals surface area (Å²) in [5.41, 5.74) is 1.89. The van der Waals surface area contributed by atoms with Crippen molar-refractivity contribution >= 4 is 17.8 Å². The number of hydrogen-bond acceptors (Lipinski definition) is 4. The van der Waals surface area contributed by atoms with E-state index < -0.39 is 0 Å². The van der Waals surface area contributed by atoms with E-state index in [1.165, 1.54) is 5.56 Å². The second-order valence-electron chi connectivity index (χ2n) is 6.51. The van der Waals surface area contributed by atoms with Crippen LogP contribution in [0, 0.1) is 0 Å². The molecule has 1 aromatic carbocycles. The van der Waals surface area contributed by atoms with E-state index in [1.807, 2.05) is 23.1 Å². The van der Waals surface area contributed by atoms with Gasteiger partial charge in [0.2, 0.25) is 0 Å². The Kier molecular flexibility index (Phi) is 6.77. The van der Waals surface area contributed by atoms with Crippen molar-refractivity contribution in [2.24, 2.45) is 0 Å². The van der Waals surface area contributed by atoms with Crippen LogP contribution >= 0.6 is 0 Å². The molecule has 5 heteroatoms. The molecule has 5 nitrogen and oxygen atoms in total. The number of aromatic nitrogens is 1. The molecule has 0 saturated carbocycles. The number of carbonyl (C=O) groups excluding carboxylic acids is 1. The number of nitrogens with zero attached hydrogens (tertiary/aromatic N) is 3. The van der Waals surface area contributed by atoms with Crippen LogP contribution in [0.5, 0.6) is 0 Å². The minimum absolute atomic E-state index is 0.0681. The van der Waals surface area contributed by atoms with Crippen molar-refractivity contribution < 1.29 is 4.79 Å². The summed E-state index contributed by atoms with van der Waals surface area (Å²) in [5, 5.41) is 3.12. The molecule has 0 spiro atoms. The quantitative estimate of drug-likeness (QED) is 0.769. The lowest BCUT2D eigenvalue weighted by atomic mass is 10.2. The van der Waals surface area contributed by atoms with Gasteiger partial charge in [0.25, 0.3) is 5.91 Å². The van der Waals surface area contributed by atoms with Gasteiger partial charge in [-0.2, -0.15) is 0 Å². The number of pyridine rings is 1. The Morgan fingerprint density at radius 1 is 1.15 bits per heavy atom. The average molecular weight is 362 g/mol. The van der Waals surface area contributed by atoms with Gasteiger partial charge in [-0.1, -0.05) is 48.6 Å². The molecule has 1 fully saturated rings. The fourth-order valence-electron chi connectivity index (χ4n) is 3.06. The highest BCUT2D eigenvalue weighted by atomic mass is 16.2. The van der Waals surface area contributed by atoms with Gasteiger partial charge in [-0.05, 0) is 17.7 Å². The fourth-order valence-corrected chi connectivity index (χ4v) is 3.06.